The van der Waals surface area contributed by atoms with E-state index in [4.69, 9.17) is 17.3 Å². The molecule has 0 radical (unpaired) electrons. The number of nitrogens with one attached hydrogen (secondary N) is 2. The summed E-state index contributed by atoms with van der Waals surface area (Å²) in [6.45, 7) is 0. The third-order valence-corrected chi connectivity index (χ3v) is 3.43. The summed E-state index contributed by atoms with van der Waals surface area (Å²) in [6, 6.07) is 6.69. The van der Waals surface area contributed by atoms with Gasteiger partial charge in [0.15, 0.2) is 11.6 Å². The van der Waals surface area contributed by atoms with Crippen LogP contribution in [-0.4, -0.2) is 17.8 Å². The summed E-state index contributed by atoms with van der Waals surface area (Å²) in [6.07, 6.45) is 2.48. The van der Waals surface area contributed by atoms with Gasteiger partial charge in [0.1, 0.15) is 0 Å². The molecule has 2 aromatic carbocycles. The molecule has 6 nitrogen and oxygen atoms in total. The monoisotopic (exact) mass is 379 g/mol. The molecule has 0 aliphatic rings. The van der Waals surface area contributed by atoms with Crippen molar-refractivity contribution in [1.82, 2.24) is 5.32 Å². The van der Waals surface area contributed by atoms with E-state index in [0.717, 1.165) is 6.08 Å². The molecule has 0 aromatic heterocycles. The fraction of sp³-hybridized carbons (Fsp3) is 0. The number of benzene rings is 2. The Kier molecular flexibility index (Phi) is 6.03. The average molecular weight is 380 g/mol. The first kappa shape index (κ1) is 19.1. The molecule has 0 unspecified atom stereocenters. The van der Waals surface area contributed by atoms with Crippen LogP contribution in [0.2, 0.25) is 5.02 Å². The van der Waals surface area contributed by atoms with E-state index in [2.05, 4.69) is 5.32 Å². The van der Waals surface area contributed by atoms with Crippen LogP contribution in [0.1, 0.15) is 15.9 Å². The first-order valence-electron chi connectivity index (χ1n) is 7.11. The van der Waals surface area contributed by atoms with Crippen LogP contribution < -0.4 is 16.4 Å². The van der Waals surface area contributed by atoms with Crippen LogP contribution in [0.5, 0.6) is 0 Å². The fourth-order valence-electron chi connectivity index (χ4n) is 1.95. The van der Waals surface area contributed by atoms with Gasteiger partial charge in [-0.3, -0.25) is 14.9 Å². The van der Waals surface area contributed by atoms with E-state index in [9.17, 15) is 23.2 Å². The topological polar surface area (TPSA) is 101 Å². The van der Waals surface area contributed by atoms with E-state index in [1.165, 1.54) is 12.1 Å². The van der Waals surface area contributed by atoms with Crippen LogP contribution in [0.25, 0.3) is 6.08 Å². The molecule has 0 saturated carbocycles. The predicted molar refractivity (Wildman–Crippen MR) is 92.5 cm³/mol. The van der Waals surface area contributed by atoms with Crippen molar-refractivity contribution < 1.29 is 23.2 Å². The number of carbonyl (C=O) groups is 3. The van der Waals surface area contributed by atoms with E-state index >= 15 is 0 Å². The van der Waals surface area contributed by atoms with Crippen LogP contribution in [0.4, 0.5) is 19.3 Å². The number of para-hydroxylation sites is 1. The Bertz CT molecular complexity index is 916. The van der Waals surface area contributed by atoms with Gasteiger partial charge >= 0.3 is 6.03 Å². The summed E-state index contributed by atoms with van der Waals surface area (Å²) in [4.78, 5) is 34.8. The summed E-state index contributed by atoms with van der Waals surface area (Å²) in [5.41, 5.74) is 5.36. The molecule has 0 atom stereocenters. The molecule has 4 amide bonds. The summed E-state index contributed by atoms with van der Waals surface area (Å²) >= 11 is 5.68. The van der Waals surface area contributed by atoms with E-state index < -0.39 is 35.0 Å². The molecule has 2 rings (SSSR count). The van der Waals surface area contributed by atoms with Gasteiger partial charge in [0.25, 0.3) is 5.91 Å². The van der Waals surface area contributed by atoms with Crippen molar-refractivity contribution >= 4 is 41.2 Å². The van der Waals surface area contributed by atoms with Crippen LogP contribution in [0.15, 0.2) is 42.5 Å². The molecular weight excluding hydrogens is 368 g/mol. The van der Waals surface area contributed by atoms with Gasteiger partial charge in [0.2, 0.25) is 5.91 Å². The Morgan fingerprint density at radius 2 is 1.73 bits per heavy atom. The van der Waals surface area contributed by atoms with Gasteiger partial charge in [0.05, 0.1) is 10.6 Å². The number of carbonyl (C=O) groups excluding carboxylic acids is 3. The van der Waals surface area contributed by atoms with Gasteiger partial charge < -0.3 is 11.1 Å². The Morgan fingerprint density at radius 1 is 1.08 bits per heavy atom. The third-order valence-electron chi connectivity index (χ3n) is 3.12. The standard InChI is InChI=1S/C17H12ClF2N3O3/c18-11-8-13(20)12(19)7-10(11)16(25)23-17(26)22-14-4-2-1-3-9(14)5-6-15(21)24/h1-8H,(H2,21,24)(H2,22,23,25,26)/b6-5+. The largest absolute Gasteiger partial charge is 0.366 e. The maximum atomic E-state index is 13.2. The highest BCUT2D eigenvalue weighted by Gasteiger charge is 2.17. The Labute approximate surface area is 151 Å². The lowest BCUT2D eigenvalue weighted by molar-refractivity contribution is -0.113. The van der Waals surface area contributed by atoms with Crippen LogP contribution in [-0.2, 0) is 4.79 Å². The number of primary amides is 1. The number of hydrogen-bond acceptors (Lipinski definition) is 3. The first-order valence-corrected chi connectivity index (χ1v) is 7.49. The quantitative estimate of drug-likeness (QED) is 0.562. The van der Waals surface area contributed by atoms with Crippen molar-refractivity contribution in [3.05, 3.63) is 70.3 Å². The number of anilines is 1. The van der Waals surface area contributed by atoms with E-state index in [-0.39, 0.29) is 10.7 Å². The molecule has 0 saturated heterocycles. The van der Waals surface area contributed by atoms with Crippen molar-refractivity contribution in [3.8, 4) is 0 Å². The van der Waals surface area contributed by atoms with Gasteiger partial charge in [-0.1, -0.05) is 29.8 Å². The molecule has 134 valence electrons. The van der Waals surface area contributed by atoms with Crippen LogP contribution in [0, 0.1) is 11.6 Å². The number of nitrogens with two attached hydrogens (primary N) is 1. The van der Waals surface area contributed by atoms with Gasteiger partial charge in [-0.25, -0.2) is 13.6 Å². The lowest BCUT2D eigenvalue weighted by atomic mass is 10.1. The molecule has 0 spiro atoms. The average Bonchev–Trinajstić information content (AvgIpc) is 2.57. The minimum Gasteiger partial charge on any atom is -0.366 e. The Hall–Kier alpha value is -3.26. The van der Waals surface area contributed by atoms with Crippen molar-refractivity contribution in [2.75, 3.05) is 5.32 Å². The molecular formula is C17H12ClF2N3O3. The van der Waals surface area contributed by atoms with E-state index in [0.29, 0.717) is 17.7 Å². The maximum absolute atomic E-state index is 13.2. The number of imide groups is 1. The minimum absolute atomic E-state index is 0.284. The zero-order chi connectivity index (χ0) is 19.3. The SMILES string of the molecule is NC(=O)/C=C/c1ccccc1NC(=O)NC(=O)c1cc(F)c(F)cc1Cl. The molecule has 9 heteroatoms. The number of halogens is 3. The highest BCUT2D eigenvalue weighted by atomic mass is 35.5. The zero-order valence-corrected chi connectivity index (χ0v) is 13.8. The van der Waals surface area contributed by atoms with Crippen molar-refractivity contribution in [1.29, 1.82) is 0 Å². The molecule has 0 aliphatic heterocycles. The third kappa shape index (κ3) is 4.87. The second-order valence-electron chi connectivity index (χ2n) is 4.98. The Balaban J connectivity index is 2.13. The van der Waals surface area contributed by atoms with E-state index in [1.807, 2.05) is 5.32 Å². The number of amides is 4. The zero-order valence-electron chi connectivity index (χ0n) is 13.1. The molecule has 26 heavy (non-hydrogen) atoms. The summed E-state index contributed by atoms with van der Waals surface area (Å²) in [5.74, 6) is -4.18. The summed E-state index contributed by atoms with van der Waals surface area (Å²) in [5, 5.41) is 3.99. The lowest BCUT2D eigenvalue weighted by Crippen LogP contribution is -2.34. The van der Waals surface area contributed by atoms with Crippen LogP contribution in [0.3, 0.4) is 0 Å². The molecule has 0 fully saturated rings. The van der Waals surface area contributed by atoms with Crippen molar-refractivity contribution in [3.63, 3.8) is 0 Å². The highest BCUT2D eigenvalue weighted by molar-refractivity contribution is 6.34. The van der Waals surface area contributed by atoms with Crippen LogP contribution >= 0.6 is 11.6 Å². The molecule has 0 heterocycles. The van der Waals surface area contributed by atoms with Gasteiger partial charge in [-0.05, 0) is 29.8 Å². The lowest BCUT2D eigenvalue weighted by Gasteiger charge is -2.10. The van der Waals surface area contributed by atoms with Gasteiger partial charge in [-0.2, -0.15) is 0 Å². The smallest absolute Gasteiger partial charge is 0.326 e. The molecule has 0 bridgehead atoms. The normalized spacial score (nSPS) is 10.6. The van der Waals surface area contributed by atoms with Gasteiger partial charge in [-0.15, -0.1) is 0 Å². The molecule has 0 aliphatic carbocycles. The molecule has 4 N–H and O–H groups in total. The second kappa shape index (κ2) is 8.21. The maximum Gasteiger partial charge on any atom is 0.326 e. The first-order chi connectivity index (χ1) is 12.3. The van der Waals surface area contributed by atoms with Crippen molar-refractivity contribution in [2.24, 2.45) is 5.73 Å². The minimum atomic E-state index is -1.28. The van der Waals surface area contributed by atoms with Gasteiger partial charge in [0, 0.05) is 11.8 Å². The summed E-state index contributed by atoms with van der Waals surface area (Å²) in [7, 11) is 0. The second-order valence-corrected chi connectivity index (χ2v) is 5.38. The number of urea groups is 1. The summed E-state index contributed by atoms with van der Waals surface area (Å²) < 4.78 is 26.3. The van der Waals surface area contributed by atoms with Crippen molar-refractivity contribution in [2.45, 2.75) is 0 Å². The number of rotatable bonds is 4. The fourth-order valence-corrected chi connectivity index (χ4v) is 2.18. The molecule has 2 aromatic rings. The predicted octanol–water partition coefficient (Wildman–Crippen LogP) is 3.08. The van der Waals surface area contributed by atoms with E-state index in [1.54, 1.807) is 18.2 Å². The highest BCUT2D eigenvalue weighted by Crippen LogP contribution is 2.20. The Morgan fingerprint density at radius 3 is 2.42 bits per heavy atom. The number of hydrogen-bond donors (Lipinski definition) is 3.